The van der Waals surface area contributed by atoms with Crippen molar-refractivity contribution in [3.05, 3.63) is 33.3 Å². The number of carbonyl (C=O) groups excluding carboxylic acids is 1. The number of rotatable bonds is 5. The minimum Gasteiger partial charge on any atom is -0.396 e. The molecular weight excluding hydrogens is 293 g/mol. The first-order valence-corrected chi connectivity index (χ1v) is 6.16. The summed E-state index contributed by atoms with van der Waals surface area (Å²) < 4.78 is 0.719. The first-order chi connectivity index (χ1) is 7.65. The van der Waals surface area contributed by atoms with Crippen molar-refractivity contribution in [2.75, 3.05) is 13.2 Å². The molecule has 1 amide bonds. The number of aliphatic hydroxyl groups excluding tert-OH is 1. The molecule has 88 valence electrons. The zero-order valence-electron chi connectivity index (χ0n) is 8.67. The molecule has 1 aromatic rings. The predicted octanol–water partition coefficient (Wildman–Crippen LogP) is 2.60. The van der Waals surface area contributed by atoms with Gasteiger partial charge >= 0.3 is 0 Å². The maximum Gasteiger partial charge on any atom is 0.252 e. The molecule has 0 saturated heterocycles. The van der Waals surface area contributed by atoms with Gasteiger partial charge in [-0.2, -0.15) is 0 Å². The smallest absolute Gasteiger partial charge is 0.252 e. The van der Waals surface area contributed by atoms with Gasteiger partial charge in [-0.1, -0.05) is 11.6 Å². The van der Waals surface area contributed by atoms with Crippen LogP contribution in [-0.2, 0) is 0 Å². The number of carbonyl (C=O) groups is 1. The molecule has 0 radical (unpaired) electrons. The van der Waals surface area contributed by atoms with Gasteiger partial charge in [0.1, 0.15) is 0 Å². The van der Waals surface area contributed by atoms with Gasteiger partial charge in [-0.3, -0.25) is 4.79 Å². The van der Waals surface area contributed by atoms with E-state index in [1.807, 2.05) is 0 Å². The van der Waals surface area contributed by atoms with Crippen molar-refractivity contribution in [3.8, 4) is 0 Å². The SMILES string of the molecule is O=C(NCCCCO)c1cc(Cl)ccc1Br. The number of benzene rings is 1. The van der Waals surface area contributed by atoms with Crippen LogP contribution in [0, 0.1) is 0 Å². The molecule has 0 aliphatic heterocycles. The first-order valence-electron chi connectivity index (χ1n) is 4.99. The van der Waals surface area contributed by atoms with Crippen LogP contribution in [0.4, 0.5) is 0 Å². The Labute approximate surface area is 108 Å². The number of amides is 1. The molecule has 0 aromatic heterocycles. The normalized spacial score (nSPS) is 10.2. The summed E-state index contributed by atoms with van der Waals surface area (Å²) in [6.07, 6.45) is 1.46. The zero-order valence-corrected chi connectivity index (χ0v) is 11.0. The number of aliphatic hydroxyl groups is 1. The summed E-state index contributed by atoms with van der Waals surface area (Å²) in [6.45, 7) is 0.703. The van der Waals surface area contributed by atoms with Crippen molar-refractivity contribution in [1.82, 2.24) is 5.32 Å². The molecule has 0 spiro atoms. The Kier molecular flexibility index (Phi) is 5.80. The van der Waals surface area contributed by atoms with Gasteiger partial charge in [-0.05, 0) is 47.0 Å². The maximum absolute atomic E-state index is 11.7. The monoisotopic (exact) mass is 305 g/mol. The third-order valence-electron chi connectivity index (χ3n) is 2.04. The van der Waals surface area contributed by atoms with Crippen molar-refractivity contribution in [2.45, 2.75) is 12.8 Å². The van der Waals surface area contributed by atoms with Crippen LogP contribution in [-0.4, -0.2) is 24.2 Å². The molecular formula is C11H13BrClNO2. The Morgan fingerprint density at radius 3 is 2.88 bits per heavy atom. The molecule has 2 N–H and O–H groups in total. The Bertz CT molecular complexity index is 371. The fraction of sp³-hybridized carbons (Fsp3) is 0.364. The molecule has 3 nitrogen and oxygen atoms in total. The molecule has 0 saturated carbocycles. The Morgan fingerprint density at radius 1 is 1.44 bits per heavy atom. The minimum absolute atomic E-state index is 0.150. The van der Waals surface area contributed by atoms with Gasteiger partial charge in [0.15, 0.2) is 0 Å². The van der Waals surface area contributed by atoms with Gasteiger partial charge in [0, 0.05) is 22.6 Å². The molecule has 0 aliphatic carbocycles. The lowest BCUT2D eigenvalue weighted by atomic mass is 10.2. The van der Waals surface area contributed by atoms with Gasteiger partial charge in [-0.25, -0.2) is 0 Å². The highest BCUT2D eigenvalue weighted by Crippen LogP contribution is 2.20. The van der Waals surface area contributed by atoms with E-state index in [4.69, 9.17) is 16.7 Å². The number of unbranched alkanes of at least 4 members (excludes halogenated alkanes) is 1. The molecule has 0 fully saturated rings. The van der Waals surface area contributed by atoms with E-state index in [9.17, 15) is 4.79 Å². The summed E-state index contributed by atoms with van der Waals surface area (Å²) in [5.74, 6) is -0.160. The second kappa shape index (κ2) is 6.89. The van der Waals surface area contributed by atoms with Crippen molar-refractivity contribution in [2.24, 2.45) is 0 Å². The van der Waals surface area contributed by atoms with Gasteiger partial charge in [0.05, 0.1) is 5.56 Å². The van der Waals surface area contributed by atoms with E-state index in [1.54, 1.807) is 18.2 Å². The summed E-state index contributed by atoms with van der Waals surface area (Å²) in [7, 11) is 0. The second-order valence-electron chi connectivity index (χ2n) is 3.31. The molecule has 0 aliphatic rings. The van der Waals surface area contributed by atoms with E-state index in [2.05, 4.69) is 21.2 Å². The lowest BCUT2D eigenvalue weighted by Crippen LogP contribution is -2.24. The zero-order chi connectivity index (χ0) is 12.0. The van der Waals surface area contributed by atoms with Crippen LogP contribution in [0.2, 0.25) is 5.02 Å². The lowest BCUT2D eigenvalue weighted by Gasteiger charge is -2.06. The van der Waals surface area contributed by atoms with Crippen LogP contribution in [0.3, 0.4) is 0 Å². The number of hydrogen-bond donors (Lipinski definition) is 2. The third kappa shape index (κ3) is 4.12. The van der Waals surface area contributed by atoms with Crippen LogP contribution in [0.15, 0.2) is 22.7 Å². The second-order valence-corrected chi connectivity index (χ2v) is 4.60. The van der Waals surface area contributed by atoms with E-state index < -0.39 is 0 Å². The Morgan fingerprint density at radius 2 is 2.19 bits per heavy atom. The van der Waals surface area contributed by atoms with E-state index >= 15 is 0 Å². The fourth-order valence-corrected chi connectivity index (χ4v) is 1.80. The molecule has 0 unspecified atom stereocenters. The molecule has 1 rings (SSSR count). The minimum atomic E-state index is -0.160. The number of hydrogen-bond acceptors (Lipinski definition) is 2. The van der Waals surface area contributed by atoms with Crippen LogP contribution < -0.4 is 5.32 Å². The van der Waals surface area contributed by atoms with E-state index in [-0.39, 0.29) is 12.5 Å². The van der Waals surface area contributed by atoms with Crippen LogP contribution in [0.5, 0.6) is 0 Å². The van der Waals surface area contributed by atoms with Crippen molar-refractivity contribution >= 4 is 33.4 Å². The fourth-order valence-electron chi connectivity index (χ4n) is 1.21. The van der Waals surface area contributed by atoms with Crippen LogP contribution in [0.25, 0.3) is 0 Å². The highest BCUT2D eigenvalue weighted by molar-refractivity contribution is 9.10. The largest absolute Gasteiger partial charge is 0.396 e. The average molecular weight is 307 g/mol. The number of halogens is 2. The third-order valence-corrected chi connectivity index (χ3v) is 2.97. The first kappa shape index (κ1) is 13.5. The van der Waals surface area contributed by atoms with E-state index in [0.717, 1.165) is 10.9 Å². The predicted molar refractivity (Wildman–Crippen MR) is 67.8 cm³/mol. The molecule has 1 aromatic carbocycles. The van der Waals surface area contributed by atoms with E-state index in [1.165, 1.54) is 0 Å². The molecule has 0 bridgehead atoms. The average Bonchev–Trinajstić information content (AvgIpc) is 2.27. The number of nitrogens with one attached hydrogen (secondary N) is 1. The maximum atomic E-state index is 11.7. The van der Waals surface area contributed by atoms with Gasteiger partial charge in [0.25, 0.3) is 5.91 Å². The summed E-state index contributed by atoms with van der Waals surface area (Å²) >= 11 is 9.10. The summed E-state index contributed by atoms with van der Waals surface area (Å²) in [5, 5.41) is 11.9. The van der Waals surface area contributed by atoms with Crippen molar-refractivity contribution < 1.29 is 9.90 Å². The van der Waals surface area contributed by atoms with Crippen LogP contribution in [0.1, 0.15) is 23.2 Å². The standard InChI is InChI=1S/C11H13BrClNO2/c12-10-4-3-8(13)7-9(10)11(16)14-5-1-2-6-15/h3-4,7,15H,1-2,5-6H2,(H,14,16). The van der Waals surface area contributed by atoms with Gasteiger partial charge < -0.3 is 10.4 Å². The highest BCUT2D eigenvalue weighted by Gasteiger charge is 2.09. The molecule has 0 atom stereocenters. The summed E-state index contributed by atoms with van der Waals surface area (Å²) in [6, 6.07) is 5.08. The summed E-state index contributed by atoms with van der Waals surface area (Å²) in [4.78, 5) is 11.7. The topological polar surface area (TPSA) is 49.3 Å². The van der Waals surface area contributed by atoms with Gasteiger partial charge in [-0.15, -0.1) is 0 Å². The quantitative estimate of drug-likeness (QED) is 0.822. The van der Waals surface area contributed by atoms with Crippen LogP contribution >= 0.6 is 27.5 Å². The molecule has 5 heteroatoms. The van der Waals surface area contributed by atoms with Gasteiger partial charge in [0.2, 0.25) is 0 Å². The highest BCUT2D eigenvalue weighted by atomic mass is 79.9. The van der Waals surface area contributed by atoms with Crippen molar-refractivity contribution in [3.63, 3.8) is 0 Å². The Balaban J connectivity index is 2.55. The summed E-state index contributed by atoms with van der Waals surface area (Å²) in [5.41, 5.74) is 0.525. The molecule has 16 heavy (non-hydrogen) atoms. The van der Waals surface area contributed by atoms with Crippen molar-refractivity contribution in [1.29, 1.82) is 0 Å². The Hall–Kier alpha value is -0.580. The molecule has 0 heterocycles. The lowest BCUT2D eigenvalue weighted by molar-refractivity contribution is 0.0951. The van der Waals surface area contributed by atoms with E-state index in [0.29, 0.717) is 23.6 Å².